The molecular weight excluding hydrogens is 386 g/mol. The van der Waals surface area contributed by atoms with E-state index in [1.54, 1.807) is 11.0 Å². The van der Waals surface area contributed by atoms with Gasteiger partial charge in [0.2, 0.25) is 0 Å². The third-order valence-corrected chi connectivity index (χ3v) is 5.90. The lowest BCUT2D eigenvalue weighted by molar-refractivity contribution is -0.122. The summed E-state index contributed by atoms with van der Waals surface area (Å²) in [6.45, 7) is 7.15. The van der Waals surface area contributed by atoms with Crippen molar-refractivity contribution in [3.8, 4) is 0 Å². The molecule has 4 rings (SSSR count). The van der Waals surface area contributed by atoms with E-state index in [-0.39, 0.29) is 11.8 Å². The van der Waals surface area contributed by atoms with Crippen LogP contribution in [0.3, 0.4) is 0 Å². The van der Waals surface area contributed by atoms with Crippen molar-refractivity contribution in [3.63, 3.8) is 0 Å². The Morgan fingerprint density at radius 3 is 2.81 bits per heavy atom. The lowest BCUT2D eigenvalue weighted by Gasteiger charge is -2.27. The highest BCUT2D eigenvalue weighted by Crippen LogP contribution is 2.31. The number of aromatic nitrogens is 3. The maximum absolute atomic E-state index is 13.3. The van der Waals surface area contributed by atoms with E-state index >= 15 is 0 Å². The maximum atomic E-state index is 13.3. The van der Waals surface area contributed by atoms with Crippen LogP contribution in [-0.4, -0.2) is 50.9 Å². The van der Waals surface area contributed by atoms with Crippen LogP contribution in [0, 0.1) is 19.8 Å². The van der Waals surface area contributed by atoms with Crippen molar-refractivity contribution in [2.45, 2.75) is 40.0 Å². The lowest BCUT2D eigenvalue weighted by Crippen LogP contribution is -2.27. The molecule has 2 aliphatic heterocycles. The number of amides is 1. The summed E-state index contributed by atoms with van der Waals surface area (Å²) in [5, 5.41) is 4.77. The zero-order chi connectivity index (χ0) is 22.1. The van der Waals surface area contributed by atoms with Gasteiger partial charge in [0.25, 0.3) is 5.91 Å². The van der Waals surface area contributed by atoms with Gasteiger partial charge in [0.05, 0.1) is 28.8 Å². The fourth-order valence-corrected chi connectivity index (χ4v) is 4.19. The molecule has 0 saturated heterocycles. The van der Waals surface area contributed by atoms with Gasteiger partial charge in [-0.25, -0.2) is 4.52 Å². The van der Waals surface area contributed by atoms with Gasteiger partial charge in [0.15, 0.2) is 0 Å². The van der Waals surface area contributed by atoms with E-state index in [4.69, 9.17) is 5.10 Å². The van der Waals surface area contributed by atoms with Gasteiger partial charge in [-0.2, -0.15) is 5.10 Å². The van der Waals surface area contributed by atoms with Crippen LogP contribution >= 0.6 is 0 Å². The van der Waals surface area contributed by atoms with Crippen molar-refractivity contribution >= 4 is 17.0 Å². The molecule has 2 aliphatic rings. The fourth-order valence-electron chi connectivity index (χ4n) is 4.19. The van der Waals surface area contributed by atoms with E-state index in [1.807, 2.05) is 36.8 Å². The Labute approximate surface area is 184 Å². The average Bonchev–Trinajstić information content (AvgIpc) is 3.13. The van der Waals surface area contributed by atoms with E-state index in [2.05, 4.69) is 49.1 Å². The first kappa shape index (κ1) is 21.2. The SMILES string of the molecule is Cc1cn2nc(C3=CC(=O)N4C=C(CCCN(C)C)C=CC4=CCC3C)cc2c(C)n1. The molecule has 0 fully saturated rings. The van der Waals surface area contributed by atoms with E-state index < -0.39 is 0 Å². The number of hydrogen-bond acceptors (Lipinski definition) is 4. The van der Waals surface area contributed by atoms with Crippen LogP contribution in [-0.2, 0) is 4.79 Å². The zero-order valence-electron chi connectivity index (χ0n) is 19.1. The number of carbonyl (C=O) groups is 1. The third-order valence-electron chi connectivity index (χ3n) is 5.90. The molecule has 162 valence electrons. The number of hydrogen-bond donors (Lipinski definition) is 0. The van der Waals surface area contributed by atoms with Crippen LogP contribution in [0.15, 0.2) is 54.0 Å². The Bertz CT molecular complexity index is 1130. The van der Waals surface area contributed by atoms with E-state index in [0.29, 0.717) is 0 Å². The Morgan fingerprint density at radius 2 is 2.03 bits per heavy atom. The highest BCUT2D eigenvalue weighted by molar-refractivity contribution is 5.98. The first-order chi connectivity index (χ1) is 14.8. The number of fused-ring (bicyclic) bond motifs is 2. The first-order valence-corrected chi connectivity index (χ1v) is 10.9. The number of rotatable bonds is 5. The molecule has 1 amide bonds. The highest BCUT2D eigenvalue weighted by atomic mass is 16.2. The topological polar surface area (TPSA) is 53.7 Å². The van der Waals surface area contributed by atoms with E-state index in [9.17, 15) is 4.79 Å². The molecule has 2 aromatic rings. The number of allylic oxidation sites excluding steroid dienone is 5. The average molecular weight is 418 g/mol. The minimum atomic E-state index is -0.0228. The molecule has 0 aromatic carbocycles. The summed E-state index contributed by atoms with van der Waals surface area (Å²) in [6.07, 6.45) is 14.9. The second kappa shape index (κ2) is 8.63. The molecule has 31 heavy (non-hydrogen) atoms. The summed E-state index contributed by atoms with van der Waals surface area (Å²) in [7, 11) is 4.17. The lowest BCUT2D eigenvalue weighted by atomic mass is 9.92. The summed E-state index contributed by atoms with van der Waals surface area (Å²) >= 11 is 0. The highest BCUT2D eigenvalue weighted by Gasteiger charge is 2.24. The van der Waals surface area contributed by atoms with Gasteiger partial charge >= 0.3 is 0 Å². The molecule has 0 N–H and O–H groups in total. The molecule has 1 atom stereocenters. The minimum Gasteiger partial charge on any atom is -0.309 e. The molecule has 2 aromatic heterocycles. The second-order valence-electron chi connectivity index (χ2n) is 8.84. The normalized spacial score (nSPS) is 19.2. The fraction of sp³-hybridized carbons (Fsp3) is 0.400. The number of aryl methyl sites for hydroxylation is 2. The van der Waals surface area contributed by atoms with E-state index in [0.717, 1.165) is 59.7 Å². The van der Waals surface area contributed by atoms with Gasteiger partial charge in [0.1, 0.15) is 0 Å². The maximum Gasteiger partial charge on any atom is 0.255 e. The first-order valence-electron chi connectivity index (χ1n) is 10.9. The predicted molar refractivity (Wildman–Crippen MR) is 124 cm³/mol. The van der Waals surface area contributed by atoms with Gasteiger partial charge in [-0.1, -0.05) is 19.1 Å². The van der Waals surface area contributed by atoms with Gasteiger partial charge in [-0.3, -0.25) is 14.7 Å². The Balaban J connectivity index is 1.64. The molecule has 0 spiro atoms. The number of carbonyl (C=O) groups excluding carboxylic acids is 1. The summed E-state index contributed by atoms with van der Waals surface area (Å²) in [4.78, 5) is 21.8. The monoisotopic (exact) mass is 417 g/mol. The zero-order valence-corrected chi connectivity index (χ0v) is 19.1. The molecule has 0 aliphatic carbocycles. The summed E-state index contributed by atoms with van der Waals surface area (Å²) in [5.41, 5.74) is 6.79. The van der Waals surface area contributed by atoms with Gasteiger partial charge in [0, 0.05) is 18.0 Å². The molecule has 1 unspecified atom stereocenters. The molecule has 0 bridgehead atoms. The molecule has 0 radical (unpaired) electrons. The van der Waals surface area contributed by atoms with Crippen LogP contribution in [0.5, 0.6) is 0 Å². The van der Waals surface area contributed by atoms with Crippen LogP contribution in [0.4, 0.5) is 0 Å². The van der Waals surface area contributed by atoms with Crippen molar-refractivity contribution in [1.82, 2.24) is 24.4 Å². The summed E-state index contributed by atoms with van der Waals surface area (Å²) < 4.78 is 1.87. The largest absolute Gasteiger partial charge is 0.309 e. The number of nitrogens with zero attached hydrogens (tertiary/aromatic N) is 5. The Kier molecular flexibility index (Phi) is 5.92. The van der Waals surface area contributed by atoms with Gasteiger partial charge < -0.3 is 4.90 Å². The molecular formula is C25H31N5O. The van der Waals surface area contributed by atoms with Gasteiger partial charge in [-0.05, 0) is 83.0 Å². The minimum absolute atomic E-state index is 0.0228. The van der Waals surface area contributed by atoms with Crippen LogP contribution in [0.1, 0.15) is 43.3 Å². The predicted octanol–water partition coefficient (Wildman–Crippen LogP) is 4.28. The quantitative estimate of drug-likeness (QED) is 0.729. The van der Waals surface area contributed by atoms with Crippen LogP contribution in [0.2, 0.25) is 0 Å². The van der Waals surface area contributed by atoms with Crippen molar-refractivity contribution < 1.29 is 4.79 Å². The Hall–Kier alpha value is -2.99. The van der Waals surface area contributed by atoms with Crippen molar-refractivity contribution in [2.24, 2.45) is 5.92 Å². The molecule has 6 nitrogen and oxygen atoms in total. The Morgan fingerprint density at radius 1 is 1.23 bits per heavy atom. The second-order valence-corrected chi connectivity index (χ2v) is 8.84. The summed E-state index contributed by atoms with van der Waals surface area (Å²) in [5.74, 6) is 0.169. The molecule has 0 saturated carbocycles. The smallest absolute Gasteiger partial charge is 0.255 e. The molecule has 4 heterocycles. The van der Waals surface area contributed by atoms with Crippen molar-refractivity contribution in [2.75, 3.05) is 20.6 Å². The van der Waals surface area contributed by atoms with Crippen molar-refractivity contribution in [1.29, 1.82) is 0 Å². The molecule has 6 heteroatoms. The third kappa shape index (κ3) is 4.54. The van der Waals surface area contributed by atoms with Crippen LogP contribution < -0.4 is 0 Å². The van der Waals surface area contributed by atoms with Crippen LogP contribution in [0.25, 0.3) is 11.1 Å². The van der Waals surface area contributed by atoms with E-state index in [1.165, 1.54) is 5.57 Å². The van der Waals surface area contributed by atoms with Crippen molar-refractivity contribution in [3.05, 3.63) is 71.1 Å². The summed E-state index contributed by atoms with van der Waals surface area (Å²) in [6, 6.07) is 2.04. The van der Waals surface area contributed by atoms with Gasteiger partial charge in [-0.15, -0.1) is 0 Å². The standard InChI is InChI=1S/C25H31N5O/c1-17-8-10-21-11-9-20(7-6-12-28(4)5)16-29(21)25(31)13-22(17)23-14-24-19(3)26-18(2)15-30(24)27-23/h9-11,13-17H,6-8,12H2,1-5H3.